The Kier molecular flexibility index (Phi) is 6.56. The molecule has 1 aromatic heterocycles. The van der Waals surface area contributed by atoms with Gasteiger partial charge in [-0.25, -0.2) is 9.69 Å². The van der Waals surface area contributed by atoms with Gasteiger partial charge in [0.2, 0.25) is 0 Å². The first-order chi connectivity index (χ1) is 15.6. The molecule has 10 heteroatoms. The summed E-state index contributed by atoms with van der Waals surface area (Å²) >= 11 is -0.248. The molecule has 176 valence electrons. The molecule has 1 saturated heterocycles. The van der Waals surface area contributed by atoms with Crippen molar-refractivity contribution in [1.29, 1.82) is 0 Å². The first-order valence-corrected chi connectivity index (χ1v) is 11.7. The molecule has 1 aliphatic heterocycles. The summed E-state index contributed by atoms with van der Waals surface area (Å²) in [5.41, 5.74) is -3.90. The van der Waals surface area contributed by atoms with Crippen molar-refractivity contribution in [3.05, 3.63) is 48.3 Å². The number of anilines is 2. The molecule has 2 aromatic rings. The minimum atomic E-state index is -4.41. The van der Waals surface area contributed by atoms with Crippen LogP contribution in [-0.4, -0.2) is 34.0 Å². The second-order valence-electron chi connectivity index (χ2n) is 8.60. The van der Waals surface area contributed by atoms with Crippen LogP contribution in [0.3, 0.4) is 0 Å². The molecule has 0 bridgehead atoms. The van der Waals surface area contributed by atoms with Crippen molar-refractivity contribution in [3.8, 4) is 0 Å². The molecule has 1 atom stereocenters. The van der Waals surface area contributed by atoms with Gasteiger partial charge in [0.15, 0.2) is 0 Å². The Balaban J connectivity index is 1.51. The fourth-order valence-electron chi connectivity index (χ4n) is 4.35. The number of hydrogen-bond acceptors (Lipinski definition) is 5. The standard InChI is InChI=1S/C23H25F3N4O2S/c1-22(14-19-18(8-5-13-27-19)28-15-6-3-2-4-7-15)20(31)30(21(32)29-22)16-9-11-17(12-10-16)33-23(24,25)26/h5,8-13,15,28H,2-4,6-7,14H2,1H3,(H,29,32). The zero-order valence-corrected chi connectivity index (χ0v) is 18.9. The highest BCUT2D eigenvalue weighted by molar-refractivity contribution is 8.00. The van der Waals surface area contributed by atoms with E-state index in [1.54, 1.807) is 13.1 Å². The number of rotatable bonds is 6. The Morgan fingerprint density at radius 3 is 2.52 bits per heavy atom. The number of urea groups is 1. The van der Waals surface area contributed by atoms with Crippen molar-refractivity contribution in [1.82, 2.24) is 10.3 Å². The monoisotopic (exact) mass is 478 g/mol. The molecule has 1 aliphatic carbocycles. The van der Waals surface area contributed by atoms with Gasteiger partial charge in [0, 0.05) is 23.6 Å². The average Bonchev–Trinajstić information content (AvgIpc) is 2.98. The first-order valence-electron chi connectivity index (χ1n) is 10.9. The van der Waals surface area contributed by atoms with E-state index in [0.717, 1.165) is 23.4 Å². The van der Waals surface area contributed by atoms with Crippen LogP contribution in [0, 0.1) is 0 Å². The average molecular weight is 479 g/mol. The first kappa shape index (κ1) is 23.4. The van der Waals surface area contributed by atoms with Gasteiger partial charge in [-0.2, -0.15) is 13.2 Å². The minimum Gasteiger partial charge on any atom is -0.381 e. The number of amides is 3. The van der Waals surface area contributed by atoms with E-state index >= 15 is 0 Å². The number of pyridine rings is 1. The molecule has 0 spiro atoms. The maximum Gasteiger partial charge on any atom is 0.446 e. The Morgan fingerprint density at radius 1 is 1.15 bits per heavy atom. The van der Waals surface area contributed by atoms with Gasteiger partial charge in [-0.3, -0.25) is 9.78 Å². The third kappa shape index (κ3) is 5.43. The molecule has 6 nitrogen and oxygen atoms in total. The maximum absolute atomic E-state index is 13.3. The fraction of sp³-hybridized carbons (Fsp3) is 0.435. The molecule has 33 heavy (non-hydrogen) atoms. The van der Waals surface area contributed by atoms with Crippen molar-refractivity contribution in [3.63, 3.8) is 0 Å². The van der Waals surface area contributed by atoms with Gasteiger partial charge in [0.25, 0.3) is 5.91 Å². The zero-order chi connectivity index (χ0) is 23.6. The largest absolute Gasteiger partial charge is 0.446 e. The van der Waals surface area contributed by atoms with E-state index in [1.165, 1.54) is 43.5 Å². The molecule has 3 amide bonds. The lowest BCUT2D eigenvalue weighted by molar-refractivity contribution is -0.121. The molecule has 2 heterocycles. The predicted octanol–water partition coefficient (Wildman–Crippen LogP) is 5.50. The van der Waals surface area contributed by atoms with Gasteiger partial charge >= 0.3 is 11.5 Å². The Morgan fingerprint density at radius 2 is 1.85 bits per heavy atom. The number of thioether (sulfide) groups is 1. The van der Waals surface area contributed by atoms with Gasteiger partial charge in [0.05, 0.1) is 17.1 Å². The molecule has 2 N–H and O–H groups in total. The molecule has 4 rings (SSSR count). The number of halogens is 3. The SMILES string of the molecule is CC1(Cc2ncccc2NC2CCCCC2)NC(=O)N(c2ccc(SC(F)(F)F)cc2)C1=O. The van der Waals surface area contributed by atoms with Gasteiger partial charge < -0.3 is 10.6 Å². The molecule has 2 fully saturated rings. The normalized spacial score (nSPS) is 21.9. The summed E-state index contributed by atoms with van der Waals surface area (Å²) in [5.74, 6) is -0.474. The zero-order valence-electron chi connectivity index (χ0n) is 18.1. The quantitative estimate of drug-likeness (QED) is 0.424. The molecular weight excluding hydrogens is 453 g/mol. The second kappa shape index (κ2) is 9.24. The van der Waals surface area contributed by atoms with Crippen LogP contribution in [-0.2, 0) is 11.2 Å². The van der Waals surface area contributed by atoms with Crippen LogP contribution in [0.2, 0.25) is 0 Å². The number of carbonyl (C=O) groups is 2. The van der Waals surface area contributed by atoms with E-state index in [-0.39, 0.29) is 28.8 Å². The lowest BCUT2D eigenvalue weighted by atomic mass is 9.93. The molecular formula is C23H25F3N4O2S. The van der Waals surface area contributed by atoms with Gasteiger partial charge in [-0.15, -0.1) is 0 Å². The molecule has 2 aliphatic rings. The van der Waals surface area contributed by atoms with Gasteiger partial charge in [-0.05, 0) is 67.9 Å². The highest BCUT2D eigenvalue weighted by atomic mass is 32.2. The van der Waals surface area contributed by atoms with E-state index < -0.39 is 23.0 Å². The van der Waals surface area contributed by atoms with E-state index in [0.29, 0.717) is 11.7 Å². The number of aromatic nitrogens is 1. The highest BCUT2D eigenvalue weighted by Gasteiger charge is 2.49. The number of carbonyl (C=O) groups excluding carboxylic acids is 2. The van der Waals surface area contributed by atoms with Crippen LogP contribution in [0.4, 0.5) is 29.3 Å². The van der Waals surface area contributed by atoms with E-state index in [4.69, 9.17) is 0 Å². The number of imide groups is 1. The molecule has 1 saturated carbocycles. The van der Waals surface area contributed by atoms with Crippen LogP contribution in [0.25, 0.3) is 0 Å². The summed E-state index contributed by atoms with van der Waals surface area (Å²) in [7, 11) is 0. The predicted molar refractivity (Wildman–Crippen MR) is 121 cm³/mol. The minimum absolute atomic E-state index is 0.0204. The van der Waals surface area contributed by atoms with Crippen LogP contribution in [0.15, 0.2) is 47.5 Å². The summed E-state index contributed by atoms with van der Waals surface area (Å²) in [5, 5.41) is 6.29. The fourth-order valence-corrected chi connectivity index (χ4v) is 4.89. The van der Waals surface area contributed by atoms with Crippen LogP contribution < -0.4 is 15.5 Å². The number of alkyl halides is 3. The summed E-state index contributed by atoms with van der Waals surface area (Å²) in [6.45, 7) is 1.64. The number of benzene rings is 1. The summed E-state index contributed by atoms with van der Waals surface area (Å²) in [6, 6.07) is 8.67. The summed E-state index contributed by atoms with van der Waals surface area (Å²) < 4.78 is 37.7. The molecule has 1 unspecified atom stereocenters. The Labute approximate surface area is 194 Å². The van der Waals surface area contributed by atoms with Gasteiger partial charge in [-0.1, -0.05) is 19.3 Å². The Hall–Kier alpha value is -2.75. The summed E-state index contributed by atoms with van der Waals surface area (Å²) in [6.07, 6.45) is 7.59. The smallest absolute Gasteiger partial charge is 0.381 e. The van der Waals surface area contributed by atoms with Crippen molar-refractivity contribution < 1.29 is 22.8 Å². The maximum atomic E-state index is 13.3. The van der Waals surface area contributed by atoms with E-state index in [9.17, 15) is 22.8 Å². The number of nitrogens with zero attached hydrogens (tertiary/aromatic N) is 2. The Bertz CT molecular complexity index is 1030. The second-order valence-corrected chi connectivity index (χ2v) is 9.74. The number of hydrogen-bond donors (Lipinski definition) is 2. The topological polar surface area (TPSA) is 74.3 Å². The molecule has 0 radical (unpaired) electrons. The van der Waals surface area contributed by atoms with E-state index in [2.05, 4.69) is 15.6 Å². The summed E-state index contributed by atoms with van der Waals surface area (Å²) in [4.78, 5) is 31.4. The lowest BCUT2D eigenvalue weighted by Crippen LogP contribution is -2.46. The van der Waals surface area contributed by atoms with Crippen LogP contribution >= 0.6 is 11.8 Å². The van der Waals surface area contributed by atoms with Crippen molar-refractivity contribution in [2.24, 2.45) is 0 Å². The van der Waals surface area contributed by atoms with Crippen molar-refractivity contribution in [2.75, 3.05) is 10.2 Å². The van der Waals surface area contributed by atoms with Crippen molar-refractivity contribution >= 4 is 35.1 Å². The van der Waals surface area contributed by atoms with Crippen molar-refractivity contribution in [2.45, 2.75) is 67.4 Å². The highest BCUT2D eigenvalue weighted by Crippen LogP contribution is 2.38. The third-order valence-electron chi connectivity index (χ3n) is 5.97. The van der Waals surface area contributed by atoms with Crippen LogP contribution in [0.1, 0.15) is 44.7 Å². The molecule has 1 aromatic carbocycles. The lowest BCUT2D eigenvalue weighted by Gasteiger charge is -2.27. The van der Waals surface area contributed by atoms with Crippen LogP contribution in [0.5, 0.6) is 0 Å². The number of nitrogens with one attached hydrogen (secondary N) is 2. The van der Waals surface area contributed by atoms with Gasteiger partial charge in [0.1, 0.15) is 5.54 Å². The van der Waals surface area contributed by atoms with E-state index in [1.807, 2.05) is 12.1 Å². The third-order valence-corrected chi connectivity index (χ3v) is 6.70.